The number of nitrogens with zero attached hydrogens (tertiary/aromatic N) is 6. The van der Waals surface area contributed by atoms with Gasteiger partial charge in [0.15, 0.2) is 16.9 Å². The van der Waals surface area contributed by atoms with Gasteiger partial charge in [0.2, 0.25) is 29.9 Å². The summed E-state index contributed by atoms with van der Waals surface area (Å²) < 4.78 is 55.2. The number of aromatic nitrogens is 4. The van der Waals surface area contributed by atoms with Gasteiger partial charge in [-0.05, 0) is 177 Å². The Balaban J connectivity index is 0.666. The van der Waals surface area contributed by atoms with Crippen LogP contribution >= 0.6 is 23.1 Å². The van der Waals surface area contributed by atoms with Crippen LogP contribution in [0, 0.1) is 29.1 Å². The number of rotatable bonds is 34. The van der Waals surface area contributed by atoms with E-state index in [0.29, 0.717) is 95.6 Å². The van der Waals surface area contributed by atoms with E-state index in [9.17, 15) is 76.9 Å². The van der Waals surface area contributed by atoms with Crippen LogP contribution in [0.5, 0.6) is 5.75 Å². The quantitative estimate of drug-likeness (QED) is 0.0106. The zero-order chi connectivity index (χ0) is 77.2. The minimum Gasteiger partial charge on any atom is -0.479 e. The van der Waals surface area contributed by atoms with Crippen molar-refractivity contribution < 1.29 is 91.1 Å². The highest BCUT2D eigenvalue weighted by Crippen LogP contribution is 2.72. The second-order valence-corrected chi connectivity index (χ2v) is 34.3. The number of carbonyl (C=O) groups is 8. The number of aliphatic hydroxyl groups is 3. The summed E-state index contributed by atoms with van der Waals surface area (Å²) in [6.07, 6.45) is 1.98. The van der Waals surface area contributed by atoms with Gasteiger partial charge in [-0.3, -0.25) is 48.2 Å². The minimum absolute atomic E-state index is 0.0110. The molecule has 2 aliphatic heterocycles. The molecule has 3 aromatic heterocycles. The zero-order valence-electron chi connectivity index (χ0n) is 60.9. The van der Waals surface area contributed by atoms with Crippen LogP contribution in [0.25, 0.3) is 43.4 Å². The number of benzene rings is 4. The number of imide groups is 1. The topological polar surface area (TPSA) is 394 Å². The van der Waals surface area contributed by atoms with Gasteiger partial charge in [-0.1, -0.05) is 74.1 Å². The summed E-state index contributed by atoms with van der Waals surface area (Å²) in [4.78, 5) is 116. The van der Waals surface area contributed by atoms with Crippen LogP contribution in [0.3, 0.4) is 0 Å². The molecular formula is C78H92N8O19S3. The van der Waals surface area contributed by atoms with Crippen molar-refractivity contribution in [3.8, 4) is 28.1 Å². The third-order valence-electron chi connectivity index (χ3n) is 21.9. The van der Waals surface area contributed by atoms with Gasteiger partial charge in [0.25, 0.3) is 16.0 Å². The van der Waals surface area contributed by atoms with E-state index in [0.717, 1.165) is 65.4 Å². The number of Topliss-reactive ketones (excluding diaryl/α,β-unsaturated/α-hetero) is 1. The lowest BCUT2D eigenvalue weighted by molar-refractivity contribution is -0.271. The van der Waals surface area contributed by atoms with Gasteiger partial charge in [-0.15, -0.1) is 0 Å². The van der Waals surface area contributed by atoms with Gasteiger partial charge < -0.3 is 50.0 Å². The number of carboxylic acid groups (broad SMARTS) is 2. The number of amides is 5. The third kappa shape index (κ3) is 18.0. The van der Waals surface area contributed by atoms with Crippen LogP contribution in [0.2, 0.25) is 0 Å². The van der Waals surface area contributed by atoms with E-state index in [1.54, 1.807) is 60.8 Å². The van der Waals surface area contributed by atoms with E-state index in [1.165, 1.54) is 28.0 Å². The second-order valence-electron chi connectivity index (χ2n) is 30.8. The molecule has 4 bridgehead atoms. The highest BCUT2D eigenvalue weighted by Gasteiger charge is 2.66. The molecular weight excluding hydrogens is 1450 g/mol. The molecule has 9 atom stereocenters. The Labute approximate surface area is 633 Å². The van der Waals surface area contributed by atoms with Gasteiger partial charge in [0, 0.05) is 86.9 Å². The summed E-state index contributed by atoms with van der Waals surface area (Å²) in [7, 11) is -2.96. The first-order valence-electron chi connectivity index (χ1n) is 36.5. The van der Waals surface area contributed by atoms with Gasteiger partial charge in [0.05, 0.1) is 51.2 Å². The number of ether oxygens (including phenoxy) is 3. The van der Waals surface area contributed by atoms with E-state index in [4.69, 9.17) is 24.3 Å². The van der Waals surface area contributed by atoms with E-state index in [1.807, 2.05) is 66.2 Å². The summed E-state index contributed by atoms with van der Waals surface area (Å²) in [6, 6.07) is 27.2. The Morgan fingerprint density at radius 1 is 0.815 bits per heavy atom. The molecule has 4 aromatic carbocycles. The summed E-state index contributed by atoms with van der Waals surface area (Å²) in [5.74, 6) is -7.17. The molecule has 5 heterocycles. The number of likely N-dealkylation sites (tertiary alicyclic amines) is 1. The maximum atomic E-state index is 14.1. The zero-order valence-corrected chi connectivity index (χ0v) is 63.4. The highest BCUT2D eigenvalue weighted by molar-refractivity contribution is 8.00. The third-order valence-corrected chi connectivity index (χ3v) is 24.6. The predicted molar refractivity (Wildman–Crippen MR) is 403 cm³/mol. The standard InChI is InChI=1S/C78H92N8O19S3/c1-45-56(53-25-26-57(81-63(53)71(96)97)49-21-20-47-15-13-17-54(55(47)34-49)69(94)83-74-82-58-18-8-9-19-59(58)107-74)36-80-86(45)44-77-39-75(2)38-76(3,40-77)42-78(41-75,43-77)103-31-30-84(4)61(88)27-23-46-22-24-52(104-73-66(92)64(90)65(91)67(105-73)72(98)99)33-48(46)14-10-11-28-79-68(93)50(37-108(100,101)102)32-51(87)16-7-6-12-29-85-62(89)35-60(106-5)70(85)95/h8-9,13,15,17-22,24-26,33-34,36,50,60,64-67,73,90-92H,6-7,10-12,14,16,23,27-32,35,37-44H2,1-5H3,(H,79,93)(H,96,97)(H,98,99)(H,82,83,94)(H,100,101,102)/t50-,60?,64-,65-,66+,67-,73+,75?,76?,77?,78?/m0/s1. The number of ketones is 1. The molecule has 7 aromatic rings. The fraction of sp³-hybridized carbons (Fsp3) is 0.500. The smallest absolute Gasteiger partial charge is 0.355 e. The fourth-order valence-electron chi connectivity index (χ4n) is 17.9. The molecule has 6 aliphatic rings. The Bertz CT molecular complexity index is 4690. The Kier molecular flexibility index (Phi) is 23.8. The van der Waals surface area contributed by atoms with Crippen LogP contribution in [-0.2, 0) is 67.7 Å². The van der Waals surface area contributed by atoms with Gasteiger partial charge in [0.1, 0.15) is 29.8 Å². The van der Waals surface area contributed by atoms with Crippen molar-refractivity contribution in [2.75, 3.05) is 50.6 Å². The number of anilines is 1. The number of aryl methyl sites for hydroxylation is 2. The number of carboxylic acids is 2. The average Bonchev–Trinajstić information content (AvgIpc) is 1.04. The minimum atomic E-state index is -4.68. The lowest BCUT2D eigenvalue weighted by Gasteiger charge is -2.69. The molecule has 6 fully saturated rings. The van der Waals surface area contributed by atoms with Crippen molar-refractivity contribution in [3.63, 3.8) is 0 Å². The predicted octanol–water partition coefficient (Wildman–Crippen LogP) is 9.08. The lowest BCUT2D eigenvalue weighted by atomic mass is 9.39. The number of pyridine rings is 1. The number of carbonyl (C=O) groups excluding carboxylic acids is 6. The number of fused-ring (bicyclic) bond motifs is 2. The first kappa shape index (κ1) is 79.0. The molecule has 0 spiro atoms. The van der Waals surface area contributed by atoms with Crippen LogP contribution < -0.4 is 15.4 Å². The van der Waals surface area contributed by atoms with E-state index < -0.39 is 93.4 Å². The number of aliphatic hydroxyl groups excluding tert-OH is 3. The van der Waals surface area contributed by atoms with Crippen LogP contribution in [-0.4, -0.2) is 202 Å². The number of hydrogen-bond acceptors (Lipinski definition) is 21. The van der Waals surface area contributed by atoms with Crippen LogP contribution in [0.15, 0.2) is 97.2 Å². The number of hydrogen-bond donors (Lipinski definition) is 8. The van der Waals surface area contributed by atoms with E-state index in [2.05, 4.69) is 29.5 Å². The molecule has 8 N–H and O–H groups in total. The number of aromatic carboxylic acids is 1. The molecule has 108 heavy (non-hydrogen) atoms. The first-order chi connectivity index (χ1) is 51.3. The summed E-state index contributed by atoms with van der Waals surface area (Å²) >= 11 is 2.70. The fourth-order valence-corrected chi connectivity index (χ4v) is 20.2. The van der Waals surface area contributed by atoms with Crippen LogP contribution in [0.1, 0.15) is 148 Å². The summed E-state index contributed by atoms with van der Waals surface area (Å²) in [5.41, 5.74) is 4.61. The molecule has 2 saturated heterocycles. The number of nitrogens with one attached hydrogen (secondary N) is 2. The molecule has 27 nitrogen and oxygen atoms in total. The number of thioether (sulfide) groups is 1. The Hall–Kier alpha value is -8.59. The van der Waals surface area contributed by atoms with Crippen molar-refractivity contribution >= 4 is 107 Å². The molecule has 4 saturated carbocycles. The van der Waals surface area contributed by atoms with Crippen molar-refractivity contribution in [2.45, 2.75) is 178 Å². The largest absolute Gasteiger partial charge is 0.479 e. The number of para-hydroxylation sites is 1. The molecule has 0 radical (unpaired) electrons. The monoisotopic (exact) mass is 1540 g/mol. The van der Waals surface area contributed by atoms with Gasteiger partial charge >= 0.3 is 11.9 Å². The number of thiazole rings is 1. The number of unbranched alkanes of at least 4 members (excludes halogenated alkanes) is 3. The molecule has 576 valence electrons. The van der Waals surface area contributed by atoms with E-state index in [-0.39, 0.29) is 96.7 Å². The average molecular weight is 1540 g/mol. The van der Waals surface area contributed by atoms with Crippen molar-refractivity contribution in [3.05, 3.63) is 125 Å². The summed E-state index contributed by atoms with van der Waals surface area (Å²) in [5, 5.41) is 64.2. The molecule has 13 rings (SSSR count). The molecule has 4 aliphatic carbocycles. The maximum Gasteiger partial charge on any atom is 0.355 e. The van der Waals surface area contributed by atoms with Crippen molar-refractivity contribution in [2.24, 2.45) is 22.2 Å². The SMILES string of the molecule is CSC1CC(=O)N(CCCCCC(=O)C[C@@H](CS(=O)(=O)O)C(=O)NCCCCc2cc(O[C@@H]3O[C@H](C(=O)O)[C@@H](O)[C@H](O)[C@H]3O)ccc2CCC(=O)N(C)CCOC23CC4(C)CC(C)(CC(Cn5ncc(-c6ccc(-c7ccc8cccc(C(=O)Nc9nc%10ccccc%10s9)c8c7)nc6C(=O)O)c5C)(C4)C2)C3)C1=O. The number of likely N-dealkylation sites (N-methyl/N-ethyl adjacent to an activating group) is 1. The Morgan fingerprint density at radius 2 is 1.58 bits per heavy atom. The highest BCUT2D eigenvalue weighted by atomic mass is 32.2. The molecule has 30 heteroatoms. The molecule has 3 unspecified atom stereocenters. The molecule has 5 amide bonds. The van der Waals surface area contributed by atoms with Crippen molar-refractivity contribution in [1.29, 1.82) is 0 Å². The van der Waals surface area contributed by atoms with E-state index >= 15 is 0 Å². The number of aliphatic carboxylic acids is 1. The summed E-state index contributed by atoms with van der Waals surface area (Å²) in [6.45, 7) is 8.06. The van der Waals surface area contributed by atoms with Gasteiger partial charge in [-0.25, -0.2) is 19.6 Å². The maximum absolute atomic E-state index is 14.1. The normalized spacial score (nSPS) is 24.8. The Morgan fingerprint density at radius 3 is 2.31 bits per heavy atom. The lowest BCUT2D eigenvalue weighted by Crippen LogP contribution is -2.64. The van der Waals surface area contributed by atoms with Crippen LogP contribution in [0.4, 0.5) is 5.13 Å². The first-order valence-corrected chi connectivity index (χ1v) is 40.2. The second kappa shape index (κ2) is 32.5. The van der Waals surface area contributed by atoms with Gasteiger partial charge in [-0.2, -0.15) is 25.3 Å². The van der Waals surface area contributed by atoms with Crippen molar-refractivity contribution in [1.82, 2.24) is 34.9 Å².